The molecule has 1 amide bonds. The van der Waals surface area contributed by atoms with Crippen molar-refractivity contribution < 1.29 is 18.4 Å². The van der Waals surface area contributed by atoms with E-state index in [1.54, 1.807) is 48.5 Å². The van der Waals surface area contributed by atoms with Crippen LogP contribution in [0.1, 0.15) is 38.5 Å². The van der Waals surface area contributed by atoms with Crippen molar-refractivity contribution in [3.63, 3.8) is 0 Å². The van der Waals surface area contributed by atoms with Crippen LogP contribution in [0, 0.1) is 5.92 Å². The van der Waals surface area contributed by atoms with E-state index in [9.17, 15) is 9.36 Å². The number of benzene rings is 2. The van der Waals surface area contributed by atoms with Crippen LogP contribution >= 0.6 is 7.60 Å². The molecule has 0 heterocycles. The molecule has 3 rings (SSSR count). The second-order valence-electron chi connectivity index (χ2n) is 7.88. The number of carbonyl (C=O) groups is 1. The Morgan fingerprint density at radius 1 is 0.968 bits per heavy atom. The van der Waals surface area contributed by atoms with E-state index in [1.807, 2.05) is 12.1 Å². The maximum Gasteiger partial charge on any atom is 0.453 e. The summed E-state index contributed by atoms with van der Waals surface area (Å²) in [6.45, 7) is 0.293. The van der Waals surface area contributed by atoms with Crippen LogP contribution in [0.2, 0.25) is 0 Å². The second kappa shape index (κ2) is 11.3. The number of para-hydroxylation sites is 2. The molecule has 0 radical (unpaired) electrons. The molecule has 168 valence electrons. The average Bonchev–Trinajstić information content (AvgIpc) is 2.79. The molecule has 5 N–H and O–H groups in total. The molecule has 1 fully saturated rings. The van der Waals surface area contributed by atoms with Crippen molar-refractivity contribution in [2.75, 3.05) is 6.54 Å². The first-order valence-electron chi connectivity index (χ1n) is 10.9. The van der Waals surface area contributed by atoms with E-state index < -0.39 is 25.3 Å². The summed E-state index contributed by atoms with van der Waals surface area (Å²) in [6, 6.07) is 17.0. The molecular weight excluding hydrogens is 413 g/mol. The summed E-state index contributed by atoms with van der Waals surface area (Å²) in [4.78, 5) is 12.8. The largest absolute Gasteiger partial charge is 0.453 e. The highest BCUT2D eigenvalue weighted by atomic mass is 31.2. The third kappa shape index (κ3) is 6.57. The Hall–Kier alpha value is -2.34. The van der Waals surface area contributed by atoms with E-state index in [-0.39, 0.29) is 5.92 Å². The minimum absolute atomic E-state index is 0.0407. The Kier molecular flexibility index (Phi) is 8.52. The van der Waals surface area contributed by atoms with Gasteiger partial charge >= 0.3 is 7.60 Å². The number of hydrogen-bond acceptors (Lipinski definition) is 6. The Morgan fingerprint density at radius 2 is 1.48 bits per heavy atom. The molecule has 0 spiro atoms. The molecule has 0 aromatic heterocycles. The van der Waals surface area contributed by atoms with Gasteiger partial charge in [-0.15, -0.1) is 0 Å². The maximum atomic E-state index is 14.3. The highest BCUT2D eigenvalue weighted by Gasteiger charge is 2.46. The molecule has 8 heteroatoms. The van der Waals surface area contributed by atoms with Gasteiger partial charge in [-0.3, -0.25) is 4.79 Å². The van der Waals surface area contributed by atoms with Gasteiger partial charge < -0.3 is 25.8 Å². The summed E-state index contributed by atoms with van der Waals surface area (Å²) in [5.74, 6) is -0.411. The van der Waals surface area contributed by atoms with Gasteiger partial charge in [-0.25, -0.2) is 4.57 Å². The van der Waals surface area contributed by atoms with Crippen LogP contribution in [-0.4, -0.2) is 24.3 Å². The summed E-state index contributed by atoms with van der Waals surface area (Å²) in [6.07, 6.45) is 5.12. The zero-order valence-electron chi connectivity index (χ0n) is 17.7. The van der Waals surface area contributed by atoms with E-state index in [4.69, 9.17) is 20.5 Å². The molecule has 7 nitrogen and oxygen atoms in total. The first kappa shape index (κ1) is 23.3. The number of amides is 1. The van der Waals surface area contributed by atoms with Gasteiger partial charge in [0.05, 0.1) is 6.04 Å². The Labute approximate surface area is 184 Å². The van der Waals surface area contributed by atoms with E-state index in [1.165, 1.54) is 0 Å². The van der Waals surface area contributed by atoms with Crippen LogP contribution in [0.4, 0.5) is 0 Å². The predicted molar refractivity (Wildman–Crippen MR) is 122 cm³/mol. The predicted octanol–water partition coefficient (Wildman–Crippen LogP) is 4.04. The fraction of sp³-hybridized carbons (Fsp3) is 0.435. The lowest BCUT2D eigenvalue weighted by Crippen LogP contribution is -2.49. The van der Waals surface area contributed by atoms with E-state index in [0.717, 1.165) is 32.1 Å². The van der Waals surface area contributed by atoms with Crippen molar-refractivity contribution in [2.45, 2.75) is 50.3 Å². The van der Waals surface area contributed by atoms with Crippen LogP contribution in [0.25, 0.3) is 0 Å². The van der Waals surface area contributed by atoms with Gasteiger partial charge in [-0.2, -0.15) is 0 Å². The summed E-state index contributed by atoms with van der Waals surface area (Å²) in [7, 11) is -3.87. The summed E-state index contributed by atoms with van der Waals surface area (Å²) in [5.41, 5.74) is 11.6. The molecule has 1 saturated carbocycles. The normalized spacial score (nSPS) is 16.8. The molecule has 0 aliphatic heterocycles. The molecule has 31 heavy (non-hydrogen) atoms. The molecule has 0 saturated heterocycles. The Morgan fingerprint density at radius 3 is 1.97 bits per heavy atom. The minimum atomic E-state index is -3.87. The Balaban J connectivity index is 1.95. The van der Waals surface area contributed by atoms with Gasteiger partial charge in [-0.1, -0.05) is 55.7 Å². The molecular formula is C23H32N3O4P. The Bertz CT molecular complexity index is 814. The maximum absolute atomic E-state index is 14.3. The molecule has 1 aliphatic rings. The number of nitrogens with one attached hydrogen (secondary N) is 1. The molecule has 0 bridgehead atoms. The summed E-state index contributed by atoms with van der Waals surface area (Å²) >= 11 is 0. The first-order chi connectivity index (χ1) is 15.0. The molecule has 1 unspecified atom stereocenters. The number of rotatable bonds is 10. The van der Waals surface area contributed by atoms with E-state index in [2.05, 4.69) is 5.32 Å². The van der Waals surface area contributed by atoms with Crippen LogP contribution in [0.15, 0.2) is 60.7 Å². The van der Waals surface area contributed by atoms with E-state index in [0.29, 0.717) is 24.5 Å². The summed E-state index contributed by atoms with van der Waals surface area (Å²) < 4.78 is 26.4. The van der Waals surface area contributed by atoms with Crippen LogP contribution in [0.3, 0.4) is 0 Å². The molecule has 1 aliphatic carbocycles. The molecule has 2 aromatic carbocycles. The van der Waals surface area contributed by atoms with Crippen molar-refractivity contribution in [1.29, 1.82) is 0 Å². The van der Waals surface area contributed by atoms with Crippen molar-refractivity contribution in [3.8, 4) is 11.5 Å². The van der Waals surface area contributed by atoms with Gasteiger partial charge in [0.1, 0.15) is 11.5 Å². The van der Waals surface area contributed by atoms with Crippen LogP contribution in [0.5, 0.6) is 11.5 Å². The van der Waals surface area contributed by atoms with Crippen molar-refractivity contribution in [1.82, 2.24) is 5.32 Å². The number of nitrogens with two attached hydrogens (primary N) is 2. The number of carbonyl (C=O) groups excluding carboxylic acids is 1. The van der Waals surface area contributed by atoms with E-state index >= 15 is 0 Å². The van der Waals surface area contributed by atoms with Gasteiger partial charge in [0.2, 0.25) is 5.91 Å². The van der Waals surface area contributed by atoms with Crippen molar-refractivity contribution in [2.24, 2.45) is 17.4 Å². The first-order valence-corrected chi connectivity index (χ1v) is 12.5. The lowest BCUT2D eigenvalue weighted by Gasteiger charge is -2.35. The highest BCUT2D eigenvalue weighted by Crippen LogP contribution is 2.56. The number of hydrogen-bond donors (Lipinski definition) is 3. The smallest absolute Gasteiger partial charge is 0.415 e. The molecule has 2 atom stereocenters. The SMILES string of the molecule is NCC[C@H](N)C(=O)NC(C1CCCCC1)P(=O)(Oc1ccccc1)Oc1ccccc1. The fourth-order valence-corrected chi connectivity index (χ4v) is 6.05. The lowest BCUT2D eigenvalue weighted by molar-refractivity contribution is -0.123. The van der Waals surface area contributed by atoms with Gasteiger partial charge in [0.25, 0.3) is 0 Å². The lowest BCUT2D eigenvalue weighted by atomic mass is 9.89. The quantitative estimate of drug-likeness (QED) is 0.475. The van der Waals surface area contributed by atoms with Crippen molar-refractivity contribution >= 4 is 13.5 Å². The van der Waals surface area contributed by atoms with Gasteiger partial charge in [0.15, 0.2) is 5.78 Å². The third-order valence-corrected chi connectivity index (χ3v) is 7.66. The van der Waals surface area contributed by atoms with Crippen LogP contribution in [-0.2, 0) is 9.36 Å². The van der Waals surface area contributed by atoms with Gasteiger partial charge in [-0.05, 0) is 56.0 Å². The highest BCUT2D eigenvalue weighted by molar-refractivity contribution is 7.55. The van der Waals surface area contributed by atoms with Crippen molar-refractivity contribution in [3.05, 3.63) is 60.7 Å². The average molecular weight is 446 g/mol. The summed E-state index contributed by atoms with van der Waals surface area (Å²) in [5, 5.41) is 2.92. The monoisotopic (exact) mass is 445 g/mol. The molecule has 2 aromatic rings. The zero-order chi connectivity index (χ0) is 22.1. The minimum Gasteiger partial charge on any atom is -0.415 e. The second-order valence-corrected chi connectivity index (χ2v) is 9.89. The van der Waals surface area contributed by atoms with Gasteiger partial charge in [0, 0.05) is 0 Å². The zero-order valence-corrected chi connectivity index (χ0v) is 18.6. The third-order valence-electron chi connectivity index (χ3n) is 5.49. The standard InChI is InChI=1S/C23H32N3O4P/c24-17-16-21(25)22(27)26-23(18-10-4-1-5-11-18)31(28,29-19-12-6-2-7-13-19)30-20-14-8-3-9-15-20/h2-3,6-9,12-15,18,21,23H,1,4-5,10-11,16-17,24-25H2,(H,26,27)/t21-,23?/m0/s1. The topological polar surface area (TPSA) is 117 Å². The fourth-order valence-electron chi connectivity index (χ4n) is 3.86. The van der Waals surface area contributed by atoms with Crippen LogP contribution < -0.4 is 25.8 Å².